The van der Waals surface area contributed by atoms with Gasteiger partial charge in [0.25, 0.3) is 0 Å². The second-order valence-electron chi connectivity index (χ2n) is 4.22. The SMILES string of the molecule is Cc1ncc(CN(CC(C)O)C(C)C)s1. The first-order valence-corrected chi connectivity index (χ1v) is 6.14. The van der Waals surface area contributed by atoms with Gasteiger partial charge in [0.15, 0.2) is 0 Å². The minimum Gasteiger partial charge on any atom is -0.392 e. The molecule has 1 unspecified atom stereocenters. The molecule has 0 amide bonds. The zero-order valence-corrected chi connectivity index (χ0v) is 10.7. The zero-order chi connectivity index (χ0) is 11.4. The lowest BCUT2D eigenvalue weighted by molar-refractivity contribution is 0.103. The molecule has 1 heterocycles. The Balaban J connectivity index is 2.58. The third-order valence-electron chi connectivity index (χ3n) is 2.26. The van der Waals surface area contributed by atoms with Gasteiger partial charge in [0.1, 0.15) is 0 Å². The average Bonchev–Trinajstić information content (AvgIpc) is 2.49. The van der Waals surface area contributed by atoms with Crippen LogP contribution in [-0.2, 0) is 6.54 Å². The van der Waals surface area contributed by atoms with Crippen LogP contribution in [0.3, 0.4) is 0 Å². The van der Waals surface area contributed by atoms with Crippen LogP contribution in [0.4, 0.5) is 0 Å². The predicted molar refractivity (Wildman–Crippen MR) is 64.1 cm³/mol. The minimum absolute atomic E-state index is 0.276. The van der Waals surface area contributed by atoms with Gasteiger partial charge in [-0.15, -0.1) is 11.3 Å². The number of aromatic nitrogens is 1. The summed E-state index contributed by atoms with van der Waals surface area (Å²) in [7, 11) is 0. The maximum absolute atomic E-state index is 9.40. The molecule has 0 aliphatic carbocycles. The topological polar surface area (TPSA) is 36.4 Å². The molecule has 1 N–H and O–H groups in total. The second-order valence-corrected chi connectivity index (χ2v) is 5.54. The van der Waals surface area contributed by atoms with Crippen molar-refractivity contribution in [2.24, 2.45) is 0 Å². The van der Waals surface area contributed by atoms with Crippen LogP contribution >= 0.6 is 11.3 Å². The van der Waals surface area contributed by atoms with E-state index >= 15 is 0 Å². The van der Waals surface area contributed by atoms with Gasteiger partial charge in [-0.25, -0.2) is 4.98 Å². The van der Waals surface area contributed by atoms with Crippen molar-refractivity contribution in [3.8, 4) is 0 Å². The number of aryl methyl sites for hydroxylation is 1. The minimum atomic E-state index is -0.276. The van der Waals surface area contributed by atoms with Gasteiger partial charge in [-0.2, -0.15) is 0 Å². The van der Waals surface area contributed by atoms with Crippen molar-refractivity contribution >= 4 is 11.3 Å². The van der Waals surface area contributed by atoms with Crippen molar-refractivity contribution in [3.63, 3.8) is 0 Å². The van der Waals surface area contributed by atoms with E-state index in [1.54, 1.807) is 11.3 Å². The maximum atomic E-state index is 9.40. The van der Waals surface area contributed by atoms with Crippen LogP contribution in [0.15, 0.2) is 6.20 Å². The molecule has 1 aromatic heterocycles. The fraction of sp³-hybridized carbons (Fsp3) is 0.727. The second kappa shape index (κ2) is 5.58. The summed E-state index contributed by atoms with van der Waals surface area (Å²) in [4.78, 5) is 7.76. The van der Waals surface area contributed by atoms with Crippen molar-refractivity contribution < 1.29 is 5.11 Å². The van der Waals surface area contributed by atoms with E-state index in [1.165, 1.54) is 4.88 Å². The van der Waals surface area contributed by atoms with E-state index in [1.807, 2.05) is 20.0 Å². The van der Waals surface area contributed by atoms with Crippen LogP contribution < -0.4 is 0 Å². The molecular formula is C11H20N2OS. The Kier molecular flexibility index (Phi) is 4.70. The Hall–Kier alpha value is -0.450. The number of thiazole rings is 1. The van der Waals surface area contributed by atoms with Gasteiger partial charge in [0.2, 0.25) is 0 Å². The third-order valence-corrected chi connectivity index (χ3v) is 3.15. The van der Waals surface area contributed by atoms with E-state index in [0.29, 0.717) is 12.6 Å². The van der Waals surface area contributed by atoms with Gasteiger partial charge >= 0.3 is 0 Å². The summed E-state index contributed by atoms with van der Waals surface area (Å²) >= 11 is 1.73. The summed E-state index contributed by atoms with van der Waals surface area (Å²) in [6, 6.07) is 0.446. The smallest absolute Gasteiger partial charge is 0.0897 e. The number of aliphatic hydroxyl groups excluding tert-OH is 1. The number of aliphatic hydroxyl groups is 1. The summed E-state index contributed by atoms with van der Waals surface area (Å²) in [5.41, 5.74) is 0. The molecule has 86 valence electrons. The third kappa shape index (κ3) is 4.28. The number of nitrogens with zero attached hydrogens (tertiary/aromatic N) is 2. The molecule has 1 aromatic rings. The van der Waals surface area contributed by atoms with Crippen molar-refractivity contribution in [3.05, 3.63) is 16.1 Å². The summed E-state index contributed by atoms with van der Waals surface area (Å²) in [6.07, 6.45) is 1.65. The van der Waals surface area contributed by atoms with E-state index in [2.05, 4.69) is 23.7 Å². The van der Waals surface area contributed by atoms with Gasteiger partial charge in [-0.3, -0.25) is 4.90 Å². The highest BCUT2D eigenvalue weighted by molar-refractivity contribution is 7.11. The molecule has 0 fully saturated rings. The Morgan fingerprint density at radius 1 is 1.47 bits per heavy atom. The quantitative estimate of drug-likeness (QED) is 0.838. The zero-order valence-electron chi connectivity index (χ0n) is 9.90. The molecule has 4 heteroatoms. The highest BCUT2D eigenvalue weighted by Gasteiger charge is 2.13. The molecule has 1 atom stereocenters. The Labute approximate surface area is 95.8 Å². The maximum Gasteiger partial charge on any atom is 0.0897 e. The van der Waals surface area contributed by atoms with E-state index < -0.39 is 0 Å². The van der Waals surface area contributed by atoms with Crippen LogP contribution in [0.5, 0.6) is 0 Å². The molecular weight excluding hydrogens is 208 g/mol. The highest BCUT2D eigenvalue weighted by Crippen LogP contribution is 2.15. The highest BCUT2D eigenvalue weighted by atomic mass is 32.1. The van der Waals surface area contributed by atoms with Gasteiger partial charge in [-0.1, -0.05) is 0 Å². The Morgan fingerprint density at radius 3 is 2.53 bits per heavy atom. The Bertz CT molecular complexity index is 297. The van der Waals surface area contributed by atoms with E-state index in [9.17, 15) is 5.11 Å². The lowest BCUT2D eigenvalue weighted by Crippen LogP contribution is -2.35. The lowest BCUT2D eigenvalue weighted by atomic mass is 10.2. The molecule has 1 rings (SSSR count). The molecule has 0 spiro atoms. The van der Waals surface area contributed by atoms with Gasteiger partial charge in [0, 0.05) is 30.2 Å². The first-order valence-electron chi connectivity index (χ1n) is 5.32. The predicted octanol–water partition coefficient (Wildman–Crippen LogP) is 2.04. The average molecular weight is 228 g/mol. The summed E-state index contributed by atoms with van der Waals surface area (Å²) in [6.45, 7) is 9.74. The fourth-order valence-electron chi connectivity index (χ4n) is 1.48. The van der Waals surface area contributed by atoms with E-state index in [-0.39, 0.29) is 6.10 Å². The molecule has 0 saturated carbocycles. The molecule has 0 aliphatic heterocycles. The number of hydrogen-bond acceptors (Lipinski definition) is 4. The molecule has 0 aliphatic rings. The van der Waals surface area contributed by atoms with E-state index in [4.69, 9.17) is 0 Å². The van der Waals surface area contributed by atoms with Crippen LogP contribution in [0.2, 0.25) is 0 Å². The van der Waals surface area contributed by atoms with Crippen LogP contribution in [-0.4, -0.2) is 33.7 Å². The molecule has 15 heavy (non-hydrogen) atoms. The summed E-state index contributed by atoms with van der Waals surface area (Å²) in [5.74, 6) is 0. The van der Waals surface area contributed by atoms with Gasteiger partial charge in [-0.05, 0) is 27.7 Å². The van der Waals surface area contributed by atoms with Gasteiger partial charge in [0.05, 0.1) is 11.1 Å². The summed E-state index contributed by atoms with van der Waals surface area (Å²) in [5, 5.41) is 10.5. The number of hydrogen-bond donors (Lipinski definition) is 1. The molecule has 0 aromatic carbocycles. The first-order chi connectivity index (χ1) is 6.99. The van der Waals surface area contributed by atoms with Crippen molar-refractivity contribution in [1.29, 1.82) is 0 Å². The monoisotopic (exact) mass is 228 g/mol. The van der Waals surface area contributed by atoms with Crippen molar-refractivity contribution in [2.75, 3.05) is 6.54 Å². The molecule has 0 saturated heterocycles. The fourth-order valence-corrected chi connectivity index (χ4v) is 2.30. The van der Waals surface area contributed by atoms with Crippen LogP contribution in [0, 0.1) is 6.92 Å². The first kappa shape index (κ1) is 12.6. The van der Waals surface area contributed by atoms with E-state index in [0.717, 1.165) is 11.6 Å². The molecule has 0 radical (unpaired) electrons. The largest absolute Gasteiger partial charge is 0.392 e. The van der Waals surface area contributed by atoms with Gasteiger partial charge < -0.3 is 5.11 Å². The Morgan fingerprint density at radius 2 is 2.13 bits per heavy atom. The van der Waals surface area contributed by atoms with Crippen LogP contribution in [0.25, 0.3) is 0 Å². The molecule has 3 nitrogen and oxygen atoms in total. The lowest BCUT2D eigenvalue weighted by Gasteiger charge is -2.26. The summed E-state index contributed by atoms with van der Waals surface area (Å²) < 4.78 is 0. The van der Waals surface area contributed by atoms with Crippen molar-refractivity contribution in [2.45, 2.75) is 46.4 Å². The molecule has 0 bridgehead atoms. The normalized spacial score (nSPS) is 13.8. The van der Waals surface area contributed by atoms with Crippen molar-refractivity contribution in [1.82, 2.24) is 9.88 Å². The number of rotatable bonds is 5. The van der Waals surface area contributed by atoms with Crippen LogP contribution in [0.1, 0.15) is 30.7 Å². The standard InChI is InChI=1S/C11H20N2OS/c1-8(2)13(6-9(3)14)7-11-5-12-10(4)15-11/h5,8-9,14H,6-7H2,1-4H3.